The highest BCUT2D eigenvalue weighted by Crippen LogP contribution is 2.48. The Labute approximate surface area is 219 Å². The zero-order valence-electron chi connectivity index (χ0n) is 21.7. The van der Waals surface area contributed by atoms with Gasteiger partial charge in [0.1, 0.15) is 5.75 Å². The molecule has 3 fully saturated rings. The Kier molecular flexibility index (Phi) is 8.57. The molecular formula is C30H38O7. The van der Waals surface area contributed by atoms with Crippen LogP contribution in [0.2, 0.25) is 0 Å². The lowest BCUT2D eigenvalue weighted by atomic mass is 9.94. The summed E-state index contributed by atoms with van der Waals surface area (Å²) in [5, 5.41) is 0. The third-order valence-corrected chi connectivity index (χ3v) is 7.55. The van der Waals surface area contributed by atoms with Crippen molar-refractivity contribution >= 4 is 5.78 Å². The summed E-state index contributed by atoms with van der Waals surface area (Å²) in [6, 6.07) is 18.0. The first-order valence-electron chi connectivity index (χ1n) is 13.5. The fourth-order valence-electron chi connectivity index (χ4n) is 5.52. The largest absolute Gasteiger partial charge is 0.497 e. The summed E-state index contributed by atoms with van der Waals surface area (Å²) >= 11 is 0. The number of ketones is 1. The highest BCUT2D eigenvalue weighted by molar-refractivity contribution is 5.86. The van der Waals surface area contributed by atoms with Gasteiger partial charge in [0, 0.05) is 32.3 Å². The smallest absolute Gasteiger partial charge is 0.231 e. The van der Waals surface area contributed by atoms with Crippen molar-refractivity contribution in [3.05, 3.63) is 65.7 Å². The average molecular weight is 511 g/mol. The van der Waals surface area contributed by atoms with Gasteiger partial charge in [-0.15, -0.1) is 0 Å². The minimum atomic E-state index is -1.19. The summed E-state index contributed by atoms with van der Waals surface area (Å²) in [5.74, 6) is -1.09. The van der Waals surface area contributed by atoms with Crippen LogP contribution in [-0.2, 0) is 41.7 Å². The summed E-state index contributed by atoms with van der Waals surface area (Å²) in [5.41, 5.74) is 2.24. The van der Waals surface area contributed by atoms with Gasteiger partial charge in [0.05, 0.1) is 39.1 Å². The van der Waals surface area contributed by atoms with Crippen molar-refractivity contribution in [2.75, 3.05) is 20.3 Å². The molecule has 3 saturated heterocycles. The molecule has 0 aliphatic carbocycles. The molecule has 37 heavy (non-hydrogen) atoms. The Bertz CT molecular complexity index is 1010. The molecule has 0 bridgehead atoms. The van der Waals surface area contributed by atoms with Crippen LogP contribution in [0.15, 0.2) is 54.6 Å². The van der Waals surface area contributed by atoms with Gasteiger partial charge < -0.3 is 28.4 Å². The summed E-state index contributed by atoms with van der Waals surface area (Å²) in [7, 11) is 1.66. The molecule has 2 aromatic rings. The minimum absolute atomic E-state index is 0.0332. The van der Waals surface area contributed by atoms with Crippen LogP contribution in [-0.4, -0.2) is 49.9 Å². The van der Waals surface area contributed by atoms with Crippen LogP contribution in [0, 0.1) is 0 Å². The van der Waals surface area contributed by atoms with Crippen LogP contribution in [0.1, 0.15) is 62.5 Å². The second kappa shape index (κ2) is 12.0. The van der Waals surface area contributed by atoms with E-state index in [1.54, 1.807) is 7.11 Å². The van der Waals surface area contributed by atoms with Gasteiger partial charge in [0.2, 0.25) is 5.79 Å². The molecule has 5 rings (SSSR count). The van der Waals surface area contributed by atoms with Gasteiger partial charge in [-0.2, -0.15) is 0 Å². The maximum absolute atomic E-state index is 13.0. The zero-order valence-corrected chi connectivity index (χ0v) is 21.7. The first-order valence-corrected chi connectivity index (χ1v) is 13.5. The van der Waals surface area contributed by atoms with Gasteiger partial charge in [-0.05, 0) is 48.9 Å². The van der Waals surface area contributed by atoms with Crippen LogP contribution < -0.4 is 4.74 Å². The van der Waals surface area contributed by atoms with Crippen molar-refractivity contribution in [2.45, 2.75) is 88.4 Å². The molecule has 0 amide bonds. The average Bonchev–Trinajstić information content (AvgIpc) is 3.27. The molecule has 2 aromatic carbocycles. The molecule has 0 unspecified atom stereocenters. The highest BCUT2D eigenvalue weighted by Gasteiger charge is 2.58. The van der Waals surface area contributed by atoms with Crippen LogP contribution >= 0.6 is 0 Å². The molecule has 3 aliphatic rings. The molecule has 7 nitrogen and oxygen atoms in total. The van der Waals surface area contributed by atoms with E-state index in [-0.39, 0.29) is 18.0 Å². The fourth-order valence-corrected chi connectivity index (χ4v) is 5.52. The Morgan fingerprint density at radius 1 is 0.865 bits per heavy atom. The number of ether oxygens (including phenoxy) is 6. The molecule has 3 aliphatic heterocycles. The topological polar surface area (TPSA) is 72.5 Å². The third kappa shape index (κ3) is 6.59. The Hall–Kier alpha value is -2.29. The van der Waals surface area contributed by atoms with Crippen molar-refractivity contribution in [3.8, 4) is 5.75 Å². The molecule has 3 heterocycles. The lowest BCUT2D eigenvalue weighted by molar-refractivity contribution is -0.344. The SMILES string of the molecule is COc1ccc(COCC[C@H]2CCC(=O)[C@@]3(CC[C@]4(CCC[C@@H](COCc5ccccc5)O4)O3)O2)cc1. The first kappa shape index (κ1) is 26.3. The van der Waals surface area contributed by atoms with E-state index in [0.29, 0.717) is 52.1 Å². The second-order valence-corrected chi connectivity index (χ2v) is 10.3. The van der Waals surface area contributed by atoms with Gasteiger partial charge >= 0.3 is 0 Å². The van der Waals surface area contributed by atoms with Crippen LogP contribution in [0.4, 0.5) is 0 Å². The van der Waals surface area contributed by atoms with Crippen molar-refractivity contribution in [3.63, 3.8) is 0 Å². The summed E-state index contributed by atoms with van der Waals surface area (Å²) in [6.07, 6.45) is 5.63. The molecule has 0 radical (unpaired) electrons. The van der Waals surface area contributed by atoms with Crippen LogP contribution in [0.3, 0.4) is 0 Å². The minimum Gasteiger partial charge on any atom is -0.497 e. The lowest BCUT2D eigenvalue weighted by Gasteiger charge is -2.42. The van der Waals surface area contributed by atoms with Crippen molar-refractivity contribution < 1.29 is 33.2 Å². The predicted molar refractivity (Wildman–Crippen MR) is 137 cm³/mol. The number of methoxy groups -OCH3 is 1. The number of Topliss-reactive ketones (excluding diaryl/α,β-unsaturated/α-hetero) is 1. The molecule has 0 aromatic heterocycles. The van der Waals surface area contributed by atoms with E-state index < -0.39 is 11.6 Å². The number of carbonyl (C=O) groups is 1. The molecular weight excluding hydrogens is 472 g/mol. The number of hydrogen-bond acceptors (Lipinski definition) is 7. The monoisotopic (exact) mass is 510 g/mol. The first-order chi connectivity index (χ1) is 18.1. The highest BCUT2D eigenvalue weighted by atomic mass is 16.8. The van der Waals surface area contributed by atoms with E-state index in [1.165, 1.54) is 0 Å². The predicted octanol–water partition coefficient (Wildman–Crippen LogP) is 5.34. The van der Waals surface area contributed by atoms with Crippen LogP contribution in [0.5, 0.6) is 5.75 Å². The van der Waals surface area contributed by atoms with Gasteiger partial charge in [-0.3, -0.25) is 4.79 Å². The van der Waals surface area contributed by atoms with Gasteiger partial charge in [0.15, 0.2) is 11.6 Å². The molecule has 0 saturated carbocycles. The Morgan fingerprint density at radius 3 is 2.46 bits per heavy atom. The fraction of sp³-hybridized carbons (Fsp3) is 0.567. The van der Waals surface area contributed by atoms with E-state index in [1.807, 2.05) is 42.5 Å². The Balaban J connectivity index is 1.09. The van der Waals surface area contributed by atoms with Gasteiger partial charge in [-0.25, -0.2) is 0 Å². The normalized spacial score (nSPS) is 29.7. The van der Waals surface area contributed by atoms with E-state index in [0.717, 1.165) is 42.6 Å². The van der Waals surface area contributed by atoms with Crippen molar-refractivity contribution in [1.29, 1.82) is 0 Å². The van der Waals surface area contributed by atoms with E-state index in [4.69, 9.17) is 28.4 Å². The summed E-state index contributed by atoms with van der Waals surface area (Å²) in [4.78, 5) is 13.0. The van der Waals surface area contributed by atoms with Crippen LogP contribution in [0.25, 0.3) is 0 Å². The van der Waals surface area contributed by atoms with E-state index in [2.05, 4.69) is 12.1 Å². The molecule has 2 spiro atoms. The molecule has 7 heteroatoms. The van der Waals surface area contributed by atoms with E-state index >= 15 is 0 Å². The van der Waals surface area contributed by atoms with Crippen molar-refractivity contribution in [2.24, 2.45) is 0 Å². The number of hydrogen-bond donors (Lipinski definition) is 0. The molecule has 200 valence electrons. The summed E-state index contributed by atoms with van der Waals surface area (Å²) in [6.45, 7) is 2.16. The third-order valence-electron chi connectivity index (χ3n) is 7.55. The lowest BCUT2D eigenvalue weighted by Crippen LogP contribution is -2.52. The second-order valence-electron chi connectivity index (χ2n) is 10.3. The Morgan fingerprint density at radius 2 is 1.65 bits per heavy atom. The molecule has 0 N–H and O–H groups in total. The standard InChI is InChI=1S/C30H38O7/c1-32-25-11-9-24(10-12-25)20-33-19-15-26-13-14-28(31)30(36-26)18-17-29(37-30)16-5-8-27(35-29)22-34-21-23-6-3-2-4-7-23/h2-4,6-7,9-12,26-27H,5,8,13-22H2,1H3/t26-,27+,29+,30+/m1/s1. The molecule has 4 atom stereocenters. The zero-order chi connectivity index (χ0) is 25.6. The van der Waals surface area contributed by atoms with Crippen molar-refractivity contribution in [1.82, 2.24) is 0 Å². The maximum Gasteiger partial charge on any atom is 0.231 e. The van der Waals surface area contributed by atoms with Gasteiger partial charge in [0.25, 0.3) is 0 Å². The van der Waals surface area contributed by atoms with E-state index in [9.17, 15) is 4.79 Å². The summed E-state index contributed by atoms with van der Waals surface area (Å²) < 4.78 is 36.3. The maximum atomic E-state index is 13.0. The number of rotatable bonds is 10. The van der Waals surface area contributed by atoms with Gasteiger partial charge in [-0.1, -0.05) is 42.5 Å². The number of carbonyl (C=O) groups excluding carboxylic acids is 1. The quantitative estimate of drug-likeness (QED) is 0.400. The number of benzene rings is 2.